The number of anilines is 1. The third-order valence-corrected chi connectivity index (χ3v) is 7.54. The number of nitrogens with zero attached hydrogens (tertiary/aromatic N) is 1. The molecule has 1 heterocycles. The highest BCUT2D eigenvalue weighted by atomic mass is 32.2. The fourth-order valence-electron chi connectivity index (χ4n) is 3.55. The molecule has 9 heteroatoms. The van der Waals surface area contributed by atoms with Crippen molar-refractivity contribution in [2.45, 2.75) is 50.3 Å². The molecule has 3 rings (SSSR count). The second-order valence-electron chi connectivity index (χ2n) is 7.98. The van der Waals surface area contributed by atoms with Gasteiger partial charge in [-0.3, -0.25) is 10.1 Å². The summed E-state index contributed by atoms with van der Waals surface area (Å²) in [6.45, 7) is 3.96. The molecular formula is C24H31N3O4S2. The first kappa shape index (κ1) is 25.1. The number of ether oxygens (including phenoxy) is 1. The molecule has 0 radical (unpaired) electrons. The largest absolute Gasteiger partial charge is 0.494 e. The van der Waals surface area contributed by atoms with Crippen LogP contribution in [0.3, 0.4) is 0 Å². The monoisotopic (exact) mass is 489 g/mol. The van der Waals surface area contributed by atoms with Gasteiger partial charge in [-0.25, -0.2) is 8.42 Å². The molecule has 0 atom stereocenters. The highest BCUT2D eigenvalue weighted by Crippen LogP contribution is 2.22. The average Bonchev–Trinajstić information content (AvgIpc) is 3.36. The Kier molecular flexibility index (Phi) is 9.22. The second-order valence-corrected chi connectivity index (χ2v) is 10.3. The molecular weight excluding hydrogens is 458 g/mol. The van der Waals surface area contributed by atoms with E-state index in [4.69, 9.17) is 17.0 Å². The fraction of sp³-hybridized carbons (Fsp3) is 0.417. The number of rotatable bonds is 10. The smallest absolute Gasteiger partial charge is 0.257 e. The van der Waals surface area contributed by atoms with Gasteiger partial charge < -0.3 is 10.1 Å². The lowest BCUT2D eigenvalue weighted by Gasteiger charge is -2.16. The lowest BCUT2D eigenvalue weighted by atomic mass is 10.2. The van der Waals surface area contributed by atoms with Crippen molar-refractivity contribution in [2.75, 3.05) is 25.0 Å². The number of carbonyl (C=O) groups is 1. The van der Waals surface area contributed by atoms with Gasteiger partial charge in [0.1, 0.15) is 5.75 Å². The summed E-state index contributed by atoms with van der Waals surface area (Å²) in [5.41, 5.74) is 1.05. The lowest BCUT2D eigenvalue weighted by molar-refractivity contribution is 0.0977. The first-order valence-electron chi connectivity index (χ1n) is 11.4. The van der Waals surface area contributed by atoms with Crippen LogP contribution in [0.5, 0.6) is 5.75 Å². The van der Waals surface area contributed by atoms with Gasteiger partial charge in [0, 0.05) is 24.3 Å². The SMILES string of the molecule is CCCCCCOc1ccc(C(=O)NC(=S)Nc2ccc(S(=O)(=O)N3CCCC3)cc2)cc1. The summed E-state index contributed by atoms with van der Waals surface area (Å²) in [5, 5.41) is 5.68. The molecule has 0 spiro atoms. The van der Waals surface area contributed by atoms with E-state index in [-0.39, 0.29) is 15.9 Å². The van der Waals surface area contributed by atoms with Crippen LogP contribution in [0.25, 0.3) is 0 Å². The van der Waals surface area contributed by atoms with Crippen molar-refractivity contribution in [1.29, 1.82) is 0 Å². The Bertz CT molecular complexity index is 1030. The van der Waals surface area contributed by atoms with Crippen LogP contribution in [-0.4, -0.2) is 43.4 Å². The Morgan fingerprint density at radius 2 is 1.67 bits per heavy atom. The molecule has 0 unspecified atom stereocenters. The maximum Gasteiger partial charge on any atom is 0.257 e. The zero-order valence-corrected chi connectivity index (χ0v) is 20.5. The minimum atomic E-state index is -3.46. The predicted molar refractivity (Wildman–Crippen MR) is 134 cm³/mol. The van der Waals surface area contributed by atoms with Gasteiger partial charge in [-0.2, -0.15) is 4.31 Å². The van der Waals surface area contributed by atoms with Crippen LogP contribution in [-0.2, 0) is 10.0 Å². The topological polar surface area (TPSA) is 87.7 Å². The van der Waals surface area contributed by atoms with E-state index in [1.54, 1.807) is 48.5 Å². The summed E-state index contributed by atoms with van der Waals surface area (Å²) < 4.78 is 32.4. The Morgan fingerprint density at radius 1 is 1.00 bits per heavy atom. The van der Waals surface area contributed by atoms with Crippen molar-refractivity contribution in [3.05, 3.63) is 54.1 Å². The molecule has 0 saturated carbocycles. The first-order valence-corrected chi connectivity index (χ1v) is 13.2. The number of amides is 1. The van der Waals surface area contributed by atoms with Gasteiger partial charge in [-0.05, 0) is 80.0 Å². The van der Waals surface area contributed by atoms with Gasteiger partial charge in [0.15, 0.2) is 5.11 Å². The minimum absolute atomic E-state index is 0.131. The first-order chi connectivity index (χ1) is 15.9. The van der Waals surface area contributed by atoms with Gasteiger partial charge in [0.25, 0.3) is 5.91 Å². The summed E-state index contributed by atoms with van der Waals surface area (Å²) in [6, 6.07) is 13.3. The normalized spacial score (nSPS) is 14.1. The van der Waals surface area contributed by atoms with E-state index in [2.05, 4.69) is 17.6 Å². The molecule has 0 bridgehead atoms. The molecule has 178 valence electrons. The van der Waals surface area contributed by atoms with Crippen LogP contribution < -0.4 is 15.4 Å². The predicted octanol–water partition coefficient (Wildman–Crippen LogP) is 4.56. The van der Waals surface area contributed by atoms with E-state index in [1.807, 2.05) is 0 Å². The van der Waals surface area contributed by atoms with E-state index in [0.717, 1.165) is 31.4 Å². The maximum atomic E-state index is 12.6. The van der Waals surface area contributed by atoms with Crippen molar-refractivity contribution in [1.82, 2.24) is 9.62 Å². The van der Waals surface area contributed by atoms with Crippen LogP contribution in [0.1, 0.15) is 55.8 Å². The van der Waals surface area contributed by atoms with Gasteiger partial charge in [0.2, 0.25) is 10.0 Å². The Morgan fingerprint density at radius 3 is 2.30 bits per heavy atom. The number of carbonyl (C=O) groups excluding carboxylic acids is 1. The fourth-order valence-corrected chi connectivity index (χ4v) is 5.27. The standard InChI is InChI=1S/C24H31N3O4S2/c1-2-3-4-7-18-31-21-12-8-19(9-13-21)23(28)26-24(32)25-20-10-14-22(15-11-20)33(29,30)27-16-5-6-17-27/h8-15H,2-7,16-18H2,1H3,(H2,25,26,28,32). The van der Waals surface area contributed by atoms with Crippen molar-refractivity contribution >= 4 is 38.9 Å². The maximum absolute atomic E-state index is 12.6. The number of thiocarbonyl (C=S) groups is 1. The third kappa shape index (κ3) is 7.25. The number of hydrogen-bond donors (Lipinski definition) is 2. The van der Waals surface area contributed by atoms with E-state index >= 15 is 0 Å². The van der Waals surface area contributed by atoms with Crippen molar-refractivity contribution < 1.29 is 17.9 Å². The molecule has 1 aliphatic rings. The zero-order chi connectivity index (χ0) is 23.7. The number of sulfonamides is 1. The molecule has 1 amide bonds. The molecule has 1 aliphatic heterocycles. The van der Waals surface area contributed by atoms with Gasteiger partial charge in [0.05, 0.1) is 11.5 Å². The Balaban J connectivity index is 1.48. The Labute approximate surface area is 201 Å². The van der Waals surface area contributed by atoms with Crippen molar-refractivity contribution in [3.8, 4) is 5.75 Å². The van der Waals surface area contributed by atoms with Crippen LogP contribution >= 0.6 is 12.2 Å². The summed E-state index contributed by atoms with van der Waals surface area (Å²) in [5.74, 6) is 0.392. The van der Waals surface area contributed by atoms with Crippen LogP contribution in [0.4, 0.5) is 5.69 Å². The van der Waals surface area contributed by atoms with Gasteiger partial charge >= 0.3 is 0 Å². The third-order valence-electron chi connectivity index (χ3n) is 5.43. The number of benzene rings is 2. The highest BCUT2D eigenvalue weighted by molar-refractivity contribution is 7.89. The lowest BCUT2D eigenvalue weighted by Crippen LogP contribution is -2.34. The van der Waals surface area contributed by atoms with Crippen LogP contribution in [0.15, 0.2) is 53.4 Å². The Hall–Kier alpha value is -2.49. The second kappa shape index (κ2) is 12.1. The summed E-state index contributed by atoms with van der Waals surface area (Å²) in [6.07, 6.45) is 6.34. The minimum Gasteiger partial charge on any atom is -0.494 e. The zero-order valence-electron chi connectivity index (χ0n) is 18.9. The van der Waals surface area contributed by atoms with Crippen molar-refractivity contribution in [3.63, 3.8) is 0 Å². The van der Waals surface area contributed by atoms with E-state index in [0.29, 0.717) is 30.9 Å². The summed E-state index contributed by atoms with van der Waals surface area (Å²) >= 11 is 5.23. The number of unbranched alkanes of at least 4 members (excludes halogenated alkanes) is 3. The quantitative estimate of drug-likeness (QED) is 0.376. The van der Waals surface area contributed by atoms with Crippen LogP contribution in [0, 0.1) is 0 Å². The molecule has 0 aliphatic carbocycles. The van der Waals surface area contributed by atoms with E-state index in [1.165, 1.54) is 17.1 Å². The molecule has 2 N–H and O–H groups in total. The van der Waals surface area contributed by atoms with Gasteiger partial charge in [-0.15, -0.1) is 0 Å². The van der Waals surface area contributed by atoms with Gasteiger partial charge in [-0.1, -0.05) is 26.2 Å². The summed E-state index contributed by atoms with van der Waals surface area (Å²) in [4.78, 5) is 12.7. The molecule has 1 saturated heterocycles. The molecule has 7 nitrogen and oxygen atoms in total. The molecule has 33 heavy (non-hydrogen) atoms. The number of hydrogen-bond acceptors (Lipinski definition) is 5. The summed E-state index contributed by atoms with van der Waals surface area (Å²) in [7, 11) is -3.46. The average molecular weight is 490 g/mol. The molecule has 0 aromatic heterocycles. The molecule has 2 aromatic rings. The van der Waals surface area contributed by atoms with E-state index in [9.17, 15) is 13.2 Å². The molecule has 2 aromatic carbocycles. The van der Waals surface area contributed by atoms with E-state index < -0.39 is 10.0 Å². The highest BCUT2D eigenvalue weighted by Gasteiger charge is 2.26. The molecule has 1 fully saturated rings. The van der Waals surface area contributed by atoms with Crippen LogP contribution in [0.2, 0.25) is 0 Å². The number of nitrogens with one attached hydrogen (secondary N) is 2. The van der Waals surface area contributed by atoms with Crippen molar-refractivity contribution in [2.24, 2.45) is 0 Å².